The summed E-state index contributed by atoms with van der Waals surface area (Å²) in [4.78, 5) is 15.8. The van der Waals surface area contributed by atoms with Gasteiger partial charge in [0, 0.05) is 5.56 Å². The minimum absolute atomic E-state index is 0.0292. The van der Waals surface area contributed by atoms with E-state index in [-0.39, 0.29) is 16.5 Å². The second kappa shape index (κ2) is 7.72. The number of alkyl halides is 3. The highest BCUT2D eigenvalue weighted by Gasteiger charge is 2.36. The lowest BCUT2D eigenvalue weighted by Gasteiger charge is -2.19. The molecule has 0 saturated heterocycles. The van der Waals surface area contributed by atoms with E-state index in [1.54, 1.807) is 31.2 Å². The number of carbonyl (C=O) groups is 1. The summed E-state index contributed by atoms with van der Waals surface area (Å²) < 4.78 is 51.6. The van der Waals surface area contributed by atoms with Crippen LogP contribution in [0.15, 0.2) is 29.3 Å². The number of halogens is 3. The summed E-state index contributed by atoms with van der Waals surface area (Å²) in [6.07, 6.45) is -4.74. The van der Waals surface area contributed by atoms with E-state index in [1.807, 2.05) is 0 Å². The first kappa shape index (κ1) is 20.0. The molecule has 0 aliphatic carbocycles. The van der Waals surface area contributed by atoms with Gasteiger partial charge in [0.15, 0.2) is 11.5 Å². The highest BCUT2D eigenvalue weighted by atomic mass is 32.2. The summed E-state index contributed by atoms with van der Waals surface area (Å²) in [6.45, 7) is 3.62. The number of ether oxygens (including phenoxy) is 2. The third-order valence-electron chi connectivity index (χ3n) is 4.10. The average Bonchev–Trinajstić information content (AvgIpc) is 2.66. The van der Waals surface area contributed by atoms with Crippen molar-refractivity contribution >= 4 is 17.5 Å². The van der Waals surface area contributed by atoms with Crippen molar-refractivity contribution in [1.29, 1.82) is 5.26 Å². The molecule has 0 saturated carbocycles. The van der Waals surface area contributed by atoms with Crippen LogP contribution < -0.4 is 9.47 Å². The van der Waals surface area contributed by atoms with E-state index in [0.29, 0.717) is 30.3 Å². The zero-order valence-corrected chi connectivity index (χ0v) is 15.8. The predicted molar refractivity (Wildman–Crippen MR) is 96.4 cm³/mol. The number of nitrogens with zero attached hydrogens (tertiary/aromatic N) is 2. The second-order valence-corrected chi connectivity index (χ2v) is 7.40. The van der Waals surface area contributed by atoms with Gasteiger partial charge in [-0.25, -0.2) is 4.98 Å². The first-order valence-corrected chi connectivity index (χ1v) is 9.18. The van der Waals surface area contributed by atoms with Crippen LogP contribution in [-0.2, 0) is 11.0 Å². The number of rotatable bonds is 4. The van der Waals surface area contributed by atoms with Crippen molar-refractivity contribution in [2.75, 3.05) is 13.2 Å². The van der Waals surface area contributed by atoms with E-state index in [9.17, 15) is 23.2 Å². The Morgan fingerprint density at radius 2 is 1.93 bits per heavy atom. The lowest BCUT2D eigenvalue weighted by atomic mass is 10.0. The third-order valence-corrected chi connectivity index (χ3v) is 5.31. The van der Waals surface area contributed by atoms with Gasteiger partial charge in [-0.05, 0) is 38.1 Å². The normalized spacial score (nSPS) is 14.3. The SMILES string of the molecule is CC(=O)C(C)Sc1nc(-c2ccc3c(c2)OCCO3)cc(C(F)(F)F)c1C#N. The fourth-order valence-electron chi connectivity index (χ4n) is 2.54. The first-order valence-electron chi connectivity index (χ1n) is 8.30. The van der Waals surface area contributed by atoms with Crippen LogP contribution in [0.5, 0.6) is 11.5 Å². The molecule has 9 heteroatoms. The van der Waals surface area contributed by atoms with Gasteiger partial charge in [0.25, 0.3) is 0 Å². The van der Waals surface area contributed by atoms with Crippen LogP contribution in [0.2, 0.25) is 0 Å². The molecular formula is C19H15F3N2O3S. The van der Waals surface area contributed by atoms with Crippen molar-refractivity contribution in [3.8, 4) is 28.8 Å². The highest BCUT2D eigenvalue weighted by Crippen LogP contribution is 2.40. The number of hydrogen-bond acceptors (Lipinski definition) is 6. The van der Waals surface area contributed by atoms with Gasteiger partial charge in [0.1, 0.15) is 30.1 Å². The van der Waals surface area contributed by atoms with Gasteiger partial charge in [0.2, 0.25) is 0 Å². The molecule has 0 amide bonds. The van der Waals surface area contributed by atoms with E-state index < -0.39 is 22.6 Å². The lowest BCUT2D eigenvalue weighted by molar-refractivity contribution is -0.138. The number of hydrogen-bond donors (Lipinski definition) is 0. The maximum atomic E-state index is 13.6. The molecule has 1 aliphatic heterocycles. The van der Waals surface area contributed by atoms with Crippen LogP contribution in [0.25, 0.3) is 11.3 Å². The molecule has 5 nitrogen and oxygen atoms in total. The van der Waals surface area contributed by atoms with Gasteiger partial charge in [0.05, 0.1) is 22.1 Å². The van der Waals surface area contributed by atoms with Crippen LogP contribution in [0, 0.1) is 11.3 Å². The Balaban J connectivity index is 2.16. The van der Waals surface area contributed by atoms with Crippen molar-refractivity contribution in [1.82, 2.24) is 4.98 Å². The van der Waals surface area contributed by atoms with E-state index >= 15 is 0 Å². The maximum Gasteiger partial charge on any atom is 0.417 e. The summed E-state index contributed by atoms with van der Waals surface area (Å²) in [7, 11) is 0. The molecule has 1 atom stereocenters. The number of aromatic nitrogens is 1. The number of Topliss-reactive ketones (excluding diaryl/α,β-unsaturated/α-hetero) is 1. The summed E-state index contributed by atoms with van der Waals surface area (Å²) in [5.41, 5.74) is -1.27. The predicted octanol–water partition coefficient (Wildman–Crippen LogP) is 4.48. The average molecular weight is 408 g/mol. The van der Waals surface area contributed by atoms with E-state index in [2.05, 4.69) is 4.98 Å². The van der Waals surface area contributed by atoms with Gasteiger partial charge in [-0.15, -0.1) is 0 Å². The Hall–Kier alpha value is -2.73. The standard InChI is InChI=1S/C19H15F3N2O3S/c1-10(25)11(2)28-18-13(9-23)14(19(20,21)22)8-15(24-18)12-3-4-16-17(7-12)27-6-5-26-16/h3-4,7-8,11H,5-6H2,1-2H3. The molecule has 2 heterocycles. The fraction of sp³-hybridized carbons (Fsp3) is 0.316. The monoisotopic (exact) mass is 408 g/mol. The molecule has 0 spiro atoms. The van der Waals surface area contributed by atoms with Gasteiger partial charge in [-0.3, -0.25) is 4.79 Å². The molecule has 0 fully saturated rings. The summed E-state index contributed by atoms with van der Waals surface area (Å²) >= 11 is 0.832. The Morgan fingerprint density at radius 3 is 2.54 bits per heavy atom. The molecular weight excluding hydrogens is 393 g/mol. The Labute approximate surface area is 163 Å². The van der Waals surface area contributed by atoms with Crippen LogP contribution in [-0.4, -0.2) is 29.2 Å². The van der Waals surface area contributed by atoms with Crippen molar-refractivity contribution in [2.45, 2.75) is 30.3 Å². The Kier molecular flexibility index (Phi) is 5.52. The zero-order chi connectivity index (χ0) is 20.5. The number of carbonyl (C=O) groups excluding carboxylic acids is 1. The molecule has 146 valence electrons. The van der Waals surface area contributed by atoms with Crippen LogP contribution in [0.1, 0.15) is 25.0 Å². The van der Waals surface area contributed by atoms with E-state index in [0.717, 1.165) is 17.8 Å². The highest BCUT2D eigenvalue weighted by molar-refractivity contribution is 8.00. The molecule has 1 unspecified atom stereocenters. The minimum atomic E-state index is -4.74. The number of fused-ring (bicyclic) bond motifs is 1. The second-order valence-electron chi connectivity index (χ2n) is 6.07. The van der Waals surface area contributed by atoms with Crippen molar-refractivity contribution in [2.24, 2.45) is 0 Å². The summed E-state index contributed by atoms with van der Waals surface area (Å²) in [5.74, 6) is 0.684. The van der Waals surface area contributed by atoms with Gasteiger partial charge < -0.3 is 9.47 Å². The third kappa shape index (κ3) is 4.07. The molecule has 0 N–H and O–H groups in total. The van der Waals surface area contributed by atoms with Crippen LogP contribution in [0.4, 0.5) is 13.2 Å². The Morgan fingerprint density at radius 1 is 1.25 bits per heavy atom. The van der Waals surface area contributed by atoms with Gasteiger partial charge >= 0.3 is 6.18 Å². The lowest BCUT2D eigenvalue weighted by Crippen LogP contribution is -2.15. The fourth-order valence-corrected chi connectivity index (χ4v) is 3.46. The molecule has 2 aromatic rings. The maximum absolute atomic E-state index is 13.6. The van der Waals surface area contributed by atoms with E-state index in [1.165, 1.54) is 6.92 Å². The quantitative estimate of drug-likeness (QED) is 0.695. The molecule has 0 bridgehead atoms. The summed E-state index contributed by atoms with van der Waals surface area (Å²) in [5, 5.41) is 8.53. The molecule has 1 aromatic heterocycles. The van der Waals surface area contributed by atoms with E-state index in [4.69, 9.17) is 9.47 Å². The number of ketones is 1. The largest absolute Gasteiger partial charge is 0.486 e. The Bertz CT molecular complexity index is 970. The number of thioether (sulfide) groups is 1. The van der Waals surface area contributed by atoms with Crippen molar-refractivity contribution < 1.29 is 27.4 Å². The summed E-state index contributed by atoms with van der Waals surface area (Å²) in [6, 6.07) is 7.15. The van der Waals surface area contributed by atoms with Crippen LogP contribution >= 0.6 is 11.8 Å². The minimum Gasteiger partial charge on any atom is -0.486 e. The van der Waals surface area contributed by atoms with Gasteiger partial charge in [-0.2, -0.15) is 18.4 Å². The van der Waals surface area contributed by atoms with Crippen molar-refractivity contribution in [3.63, 3.8) is 0 Å². The van der Waals surface area contributed by atoms with Crippen LogP contribution in [0.3, 0.4) is 0 Å². The molecule has 28 heavy (non-hydrogen) atoms. The smallest absolute Gasteiger partial charge is 0.417 e. The molecule has 3 rings (SSSR count). The molecule has 1 aromatic carbocycles. The first-order chi connectivity index (χ1) is 13.2. The number of benzene rings is 1. The van der Waals surface area contributed by atoms with Crippen molar-refractivity contribution in [3.05, 3.63) is 35.4 Å². The topological polar surface area (TPSA) is 72.2 Å². The number of nitriles is 1. The van der Waals surface area contributed by atoms with Gasteiger partial charge in [-0.1, -0.05) is 11.8 Å². The molecule has 0 radical (unpaired) electrons. The zero-order valence-electron chi connectivity index (χ0n) is 15.0. The molecule has 1 aliphatic rings. The number of pyridine rings is 1.